The third-order valence-corrected chi connectivity index (χ3v) is 3.94. The van der Waals surface area contributed by atoms with Crippen molar-refractivity contribution in [3.63, 3.8) is 0 Å². The largest absolute Gasteiger partial charge is 0.294 e. The van der Waals surface area contributed by atoms with Crippen LogP contribution in [0.4, 0.5) is 8.78 Å². The molecule has 1 atom stereocenters. The Morgan fingerprint density at radius 2 is 1.95 bits per heavy atom. The molecular formula is C17H14F2O. The van der Waals surface area contributed by atoms with E-state index in [4.69, 9.17) is 0 Å². The Morgan fingerprint density at radius 3 is 2.70 bits per heavy atom. The van der Waals surface area contributed by atoms with Crippen LogP contribution in [-0.4, -0.2) is 5.78 Å². The van der Waals surface area contributed by atoms with Crippen LogP contribution < -0.4 is 0 Å². The smallest absolute Gasteiger partial charge is 0.166 e. The predicted molar refractivity (Wildman–Crippen MR) is 72.9 cm³/mol. The normalized spacial score (nSPS) is 16.4. The summed E-state index contributed by atoms with van der Waals surface area (Å²) in [5, 5.41) is 0. The van der Waals surface area contributed by atoms with Crippen molar-refractivity contribution in [1.82, 2.24) is 0 Å². The van der Waals surface area contributed by atoms with Gasteiger partial charge in [-0.3, -0.25) is 4.79 Å². The molecule has 0 bridgehead atoms. The van der Waals surface area contributed by atoms with Crippen molar-refractivity contribution in [2.75, 3.05) is 0 Å². The van der Waals surface area contributed by atoms with Gasteiger partial charge in [-0.15, -0.1) is 0 Å². The Balaban J connectivity index is 1.80. The van der Waals surface area contributed by atoms with Crippen LogP contribution in [-0.2, 0) is 6.42 Å². The maximum absolute atomic E-state index is 13.7. The van der Waals surface area contributed by atoms with Gasteiger partial charge in [-0.1, -0.05) is 24.3 Å². The second kappa shape index (κ2) is 4.82. The fourth-order valence-corrected chi connectivity index (χ4v) is 2.75. The minimum absolute atomic E-state index is 0.00622. The van der Waals surface area contributed by atoms with Crippen molar-refractivity contribution in [1.29, 1.82) is 0 Å². The maximum atomic E-state index is 13.7. The van der Waals surface area contributed by atoms with Gasteiger partial charge in [0.25, 0.3) is 0 Å². The second-order valence-electron chi connectivity index (χ2n) is 5.31. The van der Waals surface area contributed by atoms with Crippen LogP contribution >= 0.6 is 0 Å². The van der Waals surface area contributed by atoms with Crippen LogP contribution in [0.2, 0.25) is 0 Å². The van der Waals surface area contributed by atoms with Crippen LogP contribution in [0.5, 0.6) is 0 Å². The number of aryl methyl sites for hydroxylation is 1. The Morgan fingerprint density at radius 1 is 1.20 bits per heavy atom. The van der Waals surface area contributed by atoms with E-state index in [0.717, 1.165) is 12.5 Å². The molecule has 0 saturated carbocycles. The first kappa shape index (κ1) is 13.0. The minimum Gasteiger partial charge on any atom is -0.294 e. The quantitative estimate of drug-likeness (QED) is 0.766. The topological polar surface area (TPSA) is 17.1 Å². The molecule has 0 N–H and O–H groups in total. The number of rotatable bonds is 3. The first-order valence-corrected chi connectivity index (χ1v) is 6.63. The molecule has 0 amide bonds. The summed E-state index contributed by atoms with van der Waals surface area (Å²) in [6.07, 6.45) is 1.13. The lowest BCUT2D eigenvalue weighted by molar-refractivity contribution is 0.0966. The molecule has 0 radical (unpaired) electrons. The first-order chi connectivity index (χ1) is 9.56. The molecule has 2 aromatic rings. The van der Waals surface area contributed by atoms with Gasteiger partial charge in [-0.05, 0) is 42.0 Å². The zero-order valence-electron chi connectivity index (χ0n) is 11.1. The van der Waals surface area contributed by atoms with E-state index >= 15 is 0 Å². The fourth-order valence-electron chi connectivity index (χ4n) is 2.75. The van der Waals surface area contributed by atoms with Crippen molar-refractivity contribution in [3.05, 3.63) is 70.3 Å². The van der Waals surface area contributed by atoms with Crippen molar-refractivity contribution < 1.29 is 13.6 Å². The summed E-state index contributed by atoms with van der Waals surface area (Å²) in [6.45, 7) is 1.53. The van der Waals surface area contributed by atoms with Crippen molar-refractivity contribution in [2.45, 2.75) is 25.7 Å². The van der Waals surface area contributed by atoms with E-state index in [-0.39, 0.29) is 23.7 Å². The van der Waals surface area contributed by atoms with Gasteiger partial charge in [0.15, 0.2) is 5.78 Å². The van der Waals surface area contributed by atoms with Gasteiger partial charge in [0.2, 0.25) is 0 Å². The number of benzene rings is 2. The summed E-state index contributed by atoms with van der Waals surface area (Å²) in [7, 11) is 0. The molecular weight excluding hydrogens is 258 g/mol. The number of hydrogen-bond acceptors (Lipinski definition) is 1. The third-order valence-electron chi connectivity index (χ3n) is 3.94. The molecule has 0 heterocycles. The molecule has 1 unspecified atom stereocenters. The van der Waals surface area contributed by atoms with Crippen molar-refractivity contribution >= 4 is 5.78 Å². The van der Waals surface area contributed by atoms with Crippen LogP contribution in [0, 0.1) is 18.6 Å². The van der Waals surface area contributed by atoms with Gasteiger partial charge >= 0.3 is 0 Å². The second-order valence-corrected chi connectivity index (χ2v) is 5.31. The number of fused-ring (bicyclic) bond motifs is 1. The highest BCUT2D eigenvalue weighted by Gasteiger charge is 2.28. The SMILES string of the molecule is Cc1cc(C(=O)CC2Cc3ccccc32)c(F)cc1F. The zero-order chi connectivity index (χ0) is 14.3. The fraction of sp³-hybridized carbons (Fsp3) is 0.235. The van der Waals surface area contributed by atoms with Crippen LogP contribution in [0.3, 0.4) is 0 Å². The molecule has 3 heteroatoms. The average Bonchev–Trinajstić information content (AvgIpc) is 2.40. The van der Waals surface area contributed by atoms with Gasteiger partial charge in [0, 0.05) is 12.5 Å². The van der Waals surface area contributed by atoms with E-state index in [1.54, 1.807) is 0 Å². The van der Waals surface area contributed by atoms with E-state index in [1.165, 1.54) is 24.1 Å². The van der Waals surface area contributed by atoms with Crippen LogP contribution in [0.1, 0.15) is 39.4 Å². The summed E-state index contributed by atoms with van der Waals surface area (Å²) in [5.74, 6) is -1.49. The Labute approximate surface area is 116 Å². The van der Waals surface area contributed by atoms with E-state index in [1.807, 2.05) is 24.3 Å². The number of ketones is 1. The molecule has 0 saturated heterocycles. The molecule has 0 aliphatic heterocycles. The van der Waals surface area contributed by atoms with Gasteiger partial charge in [0.05, 0.1) is 5.56 Å². The highest BCUT2D eigenvalue weighted by Crippen LogP contribution is 2.38. The van der Waals surface area contributed by atoms with E-state index in [0.29, 0.717) is 5.56 Å². The molecule has 1 aliphatic carbocycles. The van der Waals surface area contributed by atoms with Gasteiger partial charge in [-0.2, -0.15) is 0 Å². The summed E-state index contributed by atoms with van der Waals surface area (Å²) >= 11 is 0. The van der Waals surface area contributed by atoms with E-state index in [9.17, 15) is 13.6 Å². The molecule has 2 aromatic carbocycles. The van der Waals surface area contributed by atoms with Crippen LogP contribution in [0.15, 0.2) is 36.4 Å². The van der Waals surface area contributed by atoms with Gasteiger partial charge < -0.3 is 0 Å². The standard InChI is InChI=1S/C17H14F2O/c1-10-6-14(16(19)9-15(10)18)17(20)8-12-7-11-4-2-3-5-13(11)12/h2-6,9,12H,7-8H2,1H3. The number of carbonyl (C=O) groups excluding carboxylic acids is 1. The molecule has 0 fully saturated rings. The molecule has 1 nitrogen and oxygen atoms in total. The number of carbonyl (C=O) groups is 1. The van der Waals surface area contributed by atoms with Crippen LogP contribution in [0.25, 0.3) is 0 Å². The molecule has 102 valence electrons. The number of Topliss-reactive ketones (excluding diaryl/α,β-unsaturated/α-hetero) is 1. The molecule has 1 aliphatic rings. The Kier molecular flexibility index (Phi) is 3.13. The molecule has 3 rings (SSSR count). The lowest BCUT2D eigenvalue weighted by atomic mass is 9.74. The van der Waals surface area contributed by atoms with Gasteiger partial charge in [-0.25, -0.2) is 8.78 Å². The zero-order valence-corrected chi connectivity index (χ0v) is 11.1. The van der Waals surface area contributed by atoms with E-state index < -0.39 is 11.6 Å². The van der Waals surface area contributed by atoms with Crippen molar-refractivity contribution in [3.8, 4) is 0 Å². The van der Waals surface area contributed by atoms with Gasteiger partial charge in [0.1, 0.15) is 11.6 Å². The Bertz CT molecular complexity index is 691. The number of halogens is 2. The predicted octanol–water partition coefficient (Wildman–Crippen LogP) is 4.19. The first-order valence-electron chi connectivity index (χ1n) is 6.63. The maximum Gasteiger partial charge on any atom is 0.166 e. The lowest BCUT2D eigenvalue weighted by Gasteiger charge is -2.29. The highest BCUT2D eigenvalue weighted by molar-refractivity contribution is 5.97. The lowest BCUT2D eigenvalue weighted by Crippen LogP contribution is -2.20. The molecule has 20 heavy (non-hydrogen) atoms. The van der Waals surface area contributed by atoms with E-state index in [2.05, 4.69) is 0 Å². The summed E-state index contributed by atoms with van der Waals surface area (Å²) in [6, 6.07) is 10.1. The summed E-state index contributed by atoms with van der Waals surface area (Å²) in [4.78, 5) is 12.2. The minimum atomic E-state index is -0.772. The monoisotopic (exact) mass is 272 g/mol. The molecule has 0 spiro atoms. The Hall–Kier alpha value is -2.03. The van der Waals surface area contributed by atoms with Crippen molar-refractivity contribution in [2.24, 2.45) is 0 Å². The number of hydrogen-bond donors (Lipinski definition) is 0. The molecule has 0 aromatic heterocycles. The average molecular weight is 272 g/mol. The summed E-state index contributed by atoms with van der Waals surface area (Å²) < 4.78 is 26.9. The summed E-state index contributed by atoms with van der Waals surface area (Å²) in [5.41, 5.74) is 2.71. The highest BCUT2D eigenvalue weighted by atomic mass is 19.1. The third kappa shape index (κ3) is 2.13.